The number of non-ortho nitro benzene ring substituents is 1. The average Bonchev–Trinajstić information content (AvgIpc) is 2.97. The zero-order chi connectivity index (χ0) is 28.7. The van der Waals surface area contributed by atoms with Gasteiger partial charge in [0.15, 0.2) is 0 Å². The molecule has 40 heavy (non-hydrogen) atoms. The van der Waals surface area contributed by atoms with E-state index in [1.807, 2.05) is 11.8 Å². The maximum Gasteiger partial charge on any atom is 0.270 e. The molecule has 0 saturated carbocycles. The lowest BCUT2D eigenvalue weighted by Crippen LogP contribution is -2.39. The fraction of sp³-hybridized carbons (Fsp3) is 0.259. The number of sulfonamides is 1. The largest absolute Gasteiger partial charge is 0.497 e. The summed E-state index contributed by atoms with van der Waals surface area (Å²) in [7, 11) is -2.65. The fourth-order valence-corrected chi connectivity index (χ4v) is 5.51. The normalized spacial score (nSPS) is 13.7. The van der Waals surface area contributed by atoms with Crippen molar-refractivity contribution in [2.75, 3.05) is 49.2 Å². The smallest absolute Gasteiger partial charge is 0.270 e. The standard InChI is InChI=1S/C27H29N5O7S/c1-20-3-5-22(6-4-20)31(40(36,37)25-10-8-24(38-2)9-11-25)19-27(33)29-28-18-21-17-23(32(34)35)7-12-26(21)30-13-15-39-16-14-30/h3-12,17-18H,13-16,19H2,1-2H3,(H,29,33)/b28-18-. The molecule has 13 heteroatoms. The van der Waals surface area contributed by atoms with E-state index in [-0.39, 0.29) is 10.6 Å². The first-order valence-electron chi connectivity index (χ1n) is 12.4. The number of anilines is 2. The molecule has 1 amide bonds. The fourth-order valence-electron chi connectivity index (χ4n) is 4.09. The van der Waals surface area contributed by atoms with E-state index in [1.165, 1.54) is 49.7 Å². The van der Waals surface area contributed by atoms with Crippen molar-refractivity contribution < 1.29 is 27.6 Å². The van der Waals surface area contributed by atoms with E-state index in [0.29, 0.717) is 49.0 Å². The number of carbonyl (C=O) groups is 1. The van der Waals surface area contributed by atoms with E-state index in [2.05, 4.69) is 10.5 Å². The molecule has 1 saturated heterocycles. The molecule has 0 unspecified atom stereocenters. The number of ether oxygens (including phenoxy) is 2. The van der Waals surface area contributed by atoms with E-state index in [0.717, 1.165) is 9.87 Å². The van der Waals surface area contributed by atoms with E-state index < -0.39 is 27.4 Å². The topological polar surface area (TPSA) is 144 Å². The van der Waals surface area contributed by atoms with E-state index in [1.54, 1.807) is 30.3 Å². The summed E-state index contributed by atoms with van der Waals surface area (Å²) in [4.78, 5) is 25.8. The van der Waals surface area contributed by atoms with Crippen molar-refractivity contribution in [2.45, 2.75) is 11.8 Å². The van der Waals surface area contributed by atoms with Crippen LogP contribution in [0.25, 0.3) is 0 Å². The maximum atomic E-state index is 13.6. The zero-order valence-electron chi connectivity index (χ0n) is 22.0. The molecular weight excluding hydrogens is 538 g/mol. The molecule has 0 bridgehead atoms. The number of carbonyl (C=O) groups excluding carboxylic acids is 1. The summed E-state index contributed by atoms with van der Waals surface area (Å²) in [5.74, 6) is -0.210. The number of nitrogens with one attached hydrogen (secondary N) is 1. The van der Waals surface area contributed by atoms with Crippen LogP contribution in [0, 0.1) is 17.0 Å². The quantitative estimate of drug-likeness (QED) is 0.224. The Bertz CT molecular complexity index is 1490. The van der Waals surface area contributed by atoms with E-state index in [4.69, 9.17) is 9.47 Å². The van der Waals surface area contributed by atoms with E-state index >= 15 is 0 Å². The second-order valence-electron chi connectivity index (χ2n) is 8.92. The lowest BCUT2D eigenvalue weighted by molar-refractivity contribution is -0.384. The molecule has 12 nitrogen and oxygen atoms in total. The molecule has 0 spiro atoms. The van der Waals surface area contributed by atoms with Crippen molar-refractivity contribution in [1.29, 1.82) is 0 Å². The van der Waals surface area contributed by atoms with Crippen molar-refractivity contribution in [3.05, 3.63) is 88.0 Å². The monoisotopic (exact) mass is 567 g/mol. The van der Waals surface area contributed by atoms with Gasteiger partial charge in [-0.3, -0.25) is 19.2 Å². The Balaban J connectivity index is 1.57. The number of hydrogen-bond donors (Lipinski definition) is 1. The van der Waals surface area contributed by atoms with Gasteiger partial charge < -0.3 is 14.4 Å². The second-order valence-corrected chi connectivity index (χ2v) is 10.8. The first-order valence-corrected chi connectivity index (χ1v) is 13.8. The van der Waals surface area contributed by atoms with Gasteiger partial charge in [0, 0.05) is 36.5 Å². The predicted octanol–water partition coefficient (Wildman–Crippen LogP) is 3.09. The molecule has 3 aromatic rings. The van der Waals surface area contributed by atoms with Gasteiger partial charge in [-0.2, -0.15) is 5.10 Å². The Kier molecular flexibility index (Phi) is 8.97. The zero-order valence-corrected chi connectivity index (χ0v) is 22.8. The minimum atomic E-state index is -4.13. The molecule has 1 aliphatic heterocycles. The van der Waals surface area contributed by atoms with Crippen LogP contribution in [0.1, 0.15) is 11.1 Å². The highest BCUT2D eigenvalue weighted by Crippen LogP contribution is 2.27. The van der Waals surface area contributed by atoms with Gasteiger partial charge >= 0.3 is 0 Å². The summed E-state index contributed by atoms with van der Waals surface area (Å²) in [5.41, 5.74) is 4.59. The van der Waals surface area contributed by atoms with Crippen LogP contribution in [0.5, 0.6) is 5.75 Å². The Hall–Kier alpha value is -4.49. The number of amides is 1. The van der Waals surface area contributed by atoms with Crippen LogP contribution in [0.4, 0.5) is 17.1 Å². The number of hydrogen-bond acceptors (Lipinski definition) is 9. The number of methoxy groups -OCH3 is 1. The maximum absolute atomic E-state index is 13.6. The summed E-state index contributed by atoms with van der Waals surface area (Å²) in [6.07, 6.45) is 1.31. The number of benzene rings is 3. The number of nitro benzene ring substituents is 1. The molecule has 1 aliphatic rings. The number of nitrogens with zero attached hydrogens (tertiary/aromatic N) is 4. The van der Waals surface area contributed by atoms with Crippen molar-refractivity contribution in [1.82, 2.24) is 5.43 Å². The third-order valence-electron chi connectivity index (χ3n) is 6.22. The molecule has 0 atom stereocenters. The molecule has 4 rings (SSSR count). The minimum absolute atomic E-state index is 0.0167. The Morgan fingerprint density at radius 3 is 2.42 bits per heavy atom. The van der Waals surface area contributed by atoms with Crippen LogP contribution in [-0.2, 0) is 19.6 Å². The van der Waals surface area contributed by atoms with Crippen molar-refractivity contribution in [3.8, 4) is 5.75 Å². The van der Waals surface area contributed by atoms with Gasteiger partial charge in [0.1, 0.15) is 12.3 Å². The summed E-state index contributed by atoms with van der Waals surface area (Å²) >= 11 is 0. The number of aryl methyl sites for hydroxylation is 1. The molecule has 1 N–H and O–H groups in total. The van der Waals surface area contributed by atoms with Gasteiger partial charge in [0.25, 0.3) is 21.6 Å². The van der Waals surface area contributed by atoms with Crippen LogP contribution in [0.15, 0.2) is 76.7 Å². The van der Waals surface area contributed by atoms with Crippen LogP contribution in [0.2, 0.25) is 0 Å². The Morgan fingerprint density at radius 1 is 1.12 bits per heavy atom. The van der Waals surface area contributed by atoms with Gasteiger partial charge in [-0.25, -0.2) is 13.8 Å². The second kappa shape index (κ2) is 12.6. The van der Waals surface area contributed by atoms with Crippen LogP contribution >= 0.6 is 0 Å². The summed E-state index contributed by atoms with van der Waals surface area (Å²) < 4.78 is 38.6. The molecule has 3 aromatic carbocycles. The highest BCUT2D eigenvalue weighted by molar-refractivity contribution is 7.92. The van der Waals surface area contributed by atoms with Crippen LogP contribution in [-0.4, -0.2) is 65.4 Å². The Labute approximate surface area is 232 Å². The lowest BCUT2D eigenvalue weighted by Gasteiger charge is -2.29. The molecule has 1 heterocycles. The van der Waals surface area contributed by atoms with E-state index in [9.17, 15) is 23.3 Å². The first kappa shape index (κ1) is 28.5. The molecule has 0 aromatic heterocycles. The SMILES string of the molecule is COc1ccc(S(=O)(=O)N(CC(=O)N/N=C\c2cc([N+](=O)[O-])ccc2N2CCOCC2)c2ccc(C)cc2)cc1. The van der Waals surface area contributed by atoms with Gasteiger partial charge in [0.2, 0.25) is 0 Å². The summed E-state index contributed by atoms with van der Waals surface area (Å²) in [6.45, 7) is 3.54. The van der Waals surface area contributed by atoms with Crippen LogP contribution < -0.4 is 19.4 Å². The van der Waals surface area contributed by atoms with Crippen molar-refractivity contribution in [2.24, 2.45) is 5.10 Å². The van der Waals surface area contributed by atoms with Gasteiger partial charge in [-0.1, -0.05) is 17.7 Å². The van der Waals surface area contributed by atoms with Gasteiger partial charge in [-0.15, -0.1) is 0 Å². The number of rotatable bonds is 10. The third kappa shape index (κ3) is 6.74. The summed E-state index contributed by atoms with van der Waals surface area (Å²) in [6, 6.07) is 17.0. The first-order chi connectivity index (χ1) is 19.2. The molecule has 210 valence electrons. The molecule has 0 aliphatic carbocycles. The summed E-state index contributed by atoms with van der Waals surface area (Å²) in [5, 5.41) is 15.3. The van der Waals surface area contributed by atoms with Crippen LogP contribution in [0.3, 0.4) is 0 Å². The van der Waals surface area contributed by atoms with Crippen molar-refractivity contribution >= 4 is 39.2 Å². The minimum Gasteiger partial charge on any atom is -0.497 e. The van der Waals surface area contributed by atoms with Crippen molar-refractivity contribution in [3.63, 3.8) is 0 Å². The van der Waals surface area contributed by atoms with Gasteiger partial charge in [0.05, 0.1) is 42.0 Å². The lowest BCUT2D eigenvalue weighted by atomic mass is 10.1. The predicted molar refractivity (Wildman–Crippen MR) is 151 cm³/mol. The molecule has 0 radical (unpaired) electrons. The number of hydrazone groups is 1. The molecule has 1 fully saturated rings. The Morgan fingerprint density at radius 2 is 1.80 bits per heavy atom. The number of nitro groups is 1. The highest BCUT2D eigenvalue weighted by atomic mass is 32.2. The molecular formula is C27H29N5O7S. The average molecular weight is 568 g/mol. The third-order valence-corrected chi connectivity index (χ3v) is 8.01. The highest BCUT2D eigenvalue weighted by Gasteiger charge is 2.27. The number of morpholine rings is 1. The van der Waals surface area contributed by atoms with Gasteiger partial charge in [-0.05, 0) is 49.4 Å².